The third kappa shape index (κ3) is 6.97. The van der Waals surface area contributed by atoms with E-state index in [1.807, 2.05) is 45.0 Å². The Morgan fingerprint density at radius 2 is 1.85 bits per heavy atom. The molecule has 1 unspecified atom stereocenters. The van der Waals surface area contributed by atoms with Crippen LogP contribution in [-0.2, 0) is 16.1 Å². The number of carbonyl (C=O) groups excluding carboxylic acids is 2. The summed E-state index contributed by atoms with van der Waals surface area (Å²) in [5.74, 6) is 0.336. The molecular formula is C27H35ClN2O3. The number of ether oxygens (including phenoxy) is 1. The van der Waals surface area contributed by atoms with Crippen molar-refractivity contribution in [2.24, 2.45) is 0 Å². The van der Waals surface area contributed by atoms with Crippen LogP contribution < -0.4 is 10.1 Å². The van der Waals surface area contributed by atoms with Gasteiger partial charge in [0.25, 0.3) is 5.91 Å². The average molecular weight is 471 g/mol. The molecule has 1 aliphatic carbocycles. The summed E-state index contributed by atoms with van der Waals surface area (Å²) in [6, 6.07) is 11.0. The minimum atomic E-state index is -0.623. The summed E-state index contributed by atoms with van der Waals surface area (Å²) in [5.41, 5.74) is 4.08. The smallest absolute Gasteiger partial charge is 0.261 e. The van der Waals surface area contributed by atoms with Crippen molar-refractivity contribution in [1.82, 2.24) is 10.2 Å². The van der Waals surface area contributed by atoms with Gasteiger partial charge in [-0.25, -0.2) is 0 Å². The van der Waals surface area contributed by atoms with E-state index in [9.17, 15) is 9.59 Å². The lowest BCUT2D eigenvalue weighted by atomic mass is 9.95. The lowest BCUT2D eigenvalue weighted by Gasteiger charge is -2.31. The molecule has 0 saturated heterocycles. The van der Waals surface area contributed by atoms with Gasteiger partial charge in [-0.3, -0.25) is 9.59 Å². The maximum atomic E-state index is 13.3. The van der Waals surface area contributed by atoms with Gasteiger partial charge in [-0.05, 0) is 81.0 Å². The second-order valence-electron chi connectivity index (χ2n) is 9.16. The number of nitrogens with zero attached hydrogens (tertiary/aromatic N) is 1. The molecule has 6 heteroatoms. The summed E-state index contributed by atoms with van der Waals surface area (Å²) >= 11 is 6.16. The van der Waals surface area contributed by atoms with E-state index in [0.29, 0.717) is 10.8 Å². The quantitative estimate of drug-likeness (QED) is 0.553. The Morgan fingerprint density at radius 3 is 2.55 bits per heavy atom. The molecule has 0 aromatic heterocycles. The van der Waals surface area contributed by atoms with Crippen LogP contribution in [0.2, 0.25) is 5.02 Å². The Labute approximate surface area is 202 Å². The van der Waals surface area contributed by atoms with Crippen LogP contribution in [0.1, 0.15) is 61.3 Å². The highest BCUT2D eigenvalue weighted by atomic mass is 35.5. The molecule has 1 saturated carbocycles. The van der Waals surface area contributed by atoms with Gasteiger partial charge >= 0.3 is 0 Å². The van der Waals surface area contributed by atoms with Crippen LogP contribution in [-0.4, -0.2) is 35.4 Å². The fourth-order valence-corrected chi connectivity index (χ4v) is 4.57. The van der Waals surface area contributed by atoms with Crippen molar-refractivity contribution in [1.29, 1.82) is 0 Å². The van der Waals surface area contributed by atoms with Crippen LogP contribution in [0.4, 0.5) is 0 Å². The summed E-state index contributed by atoms with van der Waals surface area (Å²) in [5, 5.41) is 3.75. The second kappa shape index (κ2) is 11.6. The molecular weight excluding hydrogens is 436 g/mol. The van der Waals surface area contributed by atoms with Crippen molar-refractivity contribution < 1.29 is 14.3 Å². The number of halogens is 1. The number of rotatable bonds is 8. The summed E-state index contributed by atoms with van der Waals surface area (Å²) in [6.07, 6.45) is 5.48. The monoisotopic (exact) mass is 470 g/mol. The Kier molecular flexibility index (Phi) is 8.79. The third-order valence-electron chi connectivity index (χ3n) is 6.48. The van der Waals surface area contributed by atoms with Crippen molar-refractivity contribution in [3.63, 3.8) is 0 Å². The highest BCUT2D eigenvalue weighted by Gasteiger charge is 2.28. The van der Waals surface area contributed by atoms with Gasteiger partial charge < -0.3 is 15.0 Å². The number of nitrogens with one attached hydrogen (secondary N) is 1. The third-order valence-corrected chi connectivity index (χ3v) is 6.71. The highest BCUT2D eigenvalue weighted by molar-refractivity contribution is 6.30. The van der Waals surface area contributed by atoms with Crippen molar-refractivity contribution >= 4 is 23.4 Å². The van der Waals surface area contributed by atoms with Crippen LogP contribution >= 0.6 is 11.6 Å². The van der Waals surface area contributed by atoms with E-state index in [-0.39, 0.29) is 31.0 Å². The predicted octanol–water partition coefficient (Wildman–Crippen LogP) is 5.51. The highest BCUT2D eigenvalue weighted by Crippen LogP contribution is 2.24. The molecule has 3 rings (SSSR count). The number of carbonyl (C=O) groups is 2. The van der Waals surface area contributed by atoms with Gasteiger partial charge in [-0.15, -0.1) is 0 Å². The van der Waals surface area contributed by atoms with Gasteiger partial charge in [0.1, 0.15) is 11.8 Å². The number of hydrogen-bond acceptors (Lipinski definition) is 3. The zero-order valence-electron chi connectivity index (χ0n) is 20.1. The van der Waals surface area contributed by atoms with Crippen LogP contribution in [0, 0.1) is 20.8 Å². The molecule has 5 nitrogen and oxygen atoms in total. The second-order valence-corrected chi connectivity index (χ2v) is 9.60. The Morgan fingerprint density at radius 1 is 1.12 bits per heavy atom. The van der Waals surface area contributed by atoms with E-state index in [0.717, 1.165) is 47.9 Å². The molecule has 0 aliphatic heterocycles. The van der Waals surface area contributed by atoms with Gasteiger partial charge in [0, 0.05) is 17.6 Å². The summed E-state index contributed by atoms with van der Waals surface area (Å²) in [6.45, 7) is 7.95. The molecule has 0 bridgehead atoms. The lowest BCUT2D eigenvalue weighted by molar-refractivity contribution is -0.142. The molecule has 1 N–H and O–H groups in total. The molecule has 1 fully saturated rings. The maximum absolute atomic E-state index is 13.3. The van der Waals surface area contributed by atoms with E-state index in [1.165, 1.54) is 6.42 Å². The summed E-state index contributed by atoms with van der Waals surface area (Å²) in [4.78, 5) is 28.0. The molecule has 2 aromatic rings. The molecule has 2 aromatic carbocycles. The lowest BCUT2D eigenvalue weighted by Crippen LogP contribution is -2.51. The van der Waals surface area contributed by atoms with E-state index in [4.69, 9.17) is 16.3 Å². The SMILES string of the molecule is Cc1cc(C)c(C)c(OCC(=O)N(Cc2cccc(Cl)c2)C(C)C(=O)NC2CCCCC2)c1. The van der Waals surface area contributed by atoms with Crippen LogP contribution in [0.5, 0.6) is 5.75 Å². The Balaban J connectivity index is 1.75. The normalized spacial score (nSPS) is 15.1. The molecule has 0 spiro atoms. The largest absolute Gasteiger partial charge is 0.483 e. The average Bonchev–Trinajstić information content (AvgIpc) is 2.79. The fraction of sp³-hybridized carbons (Fsp3) is 0.481. The first kappa shape index (κ1) is 25.1. The first-order chi connectivity index (χ1) is 15.7. The number of aryl methyl sites for hydroxylation is 2. The predicted molar refractivity (Wildman–Crippen MR) is 133 cm³/mol. The van der Waals surface area contributed by atoms with Gasteiger partial charge in [0.2, 0.25) is 5.91 Å². The van der Waals surface area contributed by atoms with E-state index < -0.39 is 6.04 Å². The zero-order chi connectivity index (χ0) is 24.0. The van der Waals surface area contributed by atoms with Crippen molar-refractivity contribution in [2.45, 2.75) is 78.4 Å². The van der Waals surface area contributed by atoms with Crippen LogP contribution in [0.3, 0.4) is 0 Å². The topological polar surface area (TPSA) is 58.6 Å². The van der Waals surface area contributed by atoms with E-state index in [1.54, 1.807) is 17.9 Å². The first-order valence-corrected chi connectivity index (χ1v) is 12.2. The number of benzene rings is 2. The molecule has 1 atom stereocenters. The van der Waals surface area contributed by atoms with Crippen LogP contribution in [0.15, 0.2) is 36.4 Å². The van der Waals surface area contributed by atoms with Gasteiger partial charge in [-0.2, -0.15) is 0 Å². The van der Waals surface area contributed by atoms with Gasteiger partial charge in [0.15, 0.2) is 6.61 Å². The minimum absolute atomic E-state index is 0.125. The molecule has 0 radical (unpaired) electrons. The van der Waals surface area contributed by atoms with Crippen molar-refractivity contribution in [3.8, 4) is 5.75 Å². The zero-order valence-corrected chi connectivity index (χ0v) is 20.9. The van der Waals surface area contributed by atoms with Gasteiger partial charge in [0.05, 0.1) is 0 Å². The molecule has 178 valence electrons. The Hall–Kier alpha value is -2.53. The van der Waals surface area contributed by atoms with Crippen molar-refractivity contribution in [2.75, 3.05) is 6.61 Å². The summed E-state index contributed by atoms with van der Waals surface area (Å²) < 4.78 is 5.93. The molecule has 1 aliphatic rings. The molecule has 2 amide bonds. The fourth-order valence-electron chi connectivity index (χ4n) is 4.36. The standard InChI is InChI=1S/C27H35ClN2O3/c1-18-13-19(2)20(3)25(14-18)33-17-26(31)30(16-22-9-8-10-23(28)15-22)21(4)27(32)29-24-11-6-5-7-12-24/h8-10,13-15,21,24H,5-7,11-12,16-17H2,1-4H3,(H,29,32). The summed E-state index contributed by atoms with van der Waals surface area (Å²) in [7, 11) is 0. The molecule has 33 heavy (non-hydrogen) atoms. The minimum Gasteiger partial charge on any atom is -0.483 e. The molecule has 0 heterocycles. The van der Waals surface area contributed by atoms with E-state index in [2.05, 4.69) is 11.4 Å². The van der Waals surface area contributed by atoms with E-state index >= 15 is 0 Å². The number of amides is 2. The van der Waals surface area contributed by atoms with Crippen LogP contribution in [0.25, 0.3) is 0 Å². The maximum Gasteiger partial charge on any atom is 0.261 e. The Bertz CT molecular complexity index is 985. The van der Waals surface area contributed by atoms with Gasteiger partial charge in [-0.1, -0.05) is 49.1 Å². The first-order valence-electron chi connectivity index (χ1n) is 11.8. The number of hydrogen-bond donors (Lipinski definition) is 1. The van der Waals surface area contributed by atoms with Crippen molar-refractivity contribution in [3.05, 3.63) is 63.7 Å².